The van der Waals surface area contributed by atoms with E-state index in [1.165, 1.54) is 6.20 Å². The summed E-state index contributed by atoms with van der Waals surface area (Å²) in [4.78, 5) is 8.62. The fraction of sp³-hybridized carbons (Fsp3) is 0.577. The molecule has 2 aromatic heterocycles. The van der Waals surface area contributed by atoms with Crippen molar-refractivity contribution in [3.05, 3.63) is 41.2 Å². The molecule has 1 atom stereocenters. The fourth-order valence-electron chi connectivity index (χ4n) is 4.81. The fourth-order valence-corrected chi connectivity index (χ4v) is 5.02. The number of halogens is 2. The van der Waals surface area contributed by atoms with Gasteiger partial charge in [0.15, 0.2) is 0 Å². The van der Waals surface area contributed by atoms with Crippen LogP contribution >= 0.6 is 11.6 Å². The molecule has 2 aliphatic rings. The summed E-state index contributed by atoms with van der Waals surface area (Å²) in [6, 6.07) is 6.86. The van der Waals surface area contributed by atoms with Crippen LogP contribution in [-0.4, -0.2) is 42.3 Å². The van der Waals surface area contributed by atoms with Crippen molar-refractivity contribution in [3.8, 4) is 17.2 Å². The molecule has 34 heavy (non-hydrogen) atoms. The Morgan fingerprint density at radius 2 is 1.97 bits per heavy atom. The van der Waals surface area contributed by atoms with E-state index >= 15 is 0 Å². The first kappa shape index (κ1) is 24.8. The number of hydrogen-bond acceptors (Lipinski definition) is 6. The van der Waals surface area contributed by atoms with Gasteiger partial charge in [-0.3, -0.25) is 4.98 Å². The first-order chi connectivity index (χ1) is 16.4. The Labute approximate surface area is 206 Å². The normalized spacial score (nSPS) is 22.1. The van der Waals surface area contributed by atoms with Gasteiger partial charge in [0, 0.05) is 42.6 Å². The van der Waals surface area contributed by atoms with Crippen LogP contribution in [-0.2, 0) is 11.2 Å². The molecule has 0 saturated heterocycles. The van der Waals surface area contributed by atoms with Crippen LogP contribution < -0.4 is 10.6 Å². The second kappa shape index (κ2) is 11.0. The number of anilines is 1. The summed E-state index contributed by atoms with van der Waals surface area (Å²) in [5, 5.41) is 16.5. The first-order valence-corrected chi connectivity index (χ1v) is 12.5. The van der Waals surface area contributed by atoms with E-state index in [2.05, 4.69) is 33.6 Å². The molecule has 0 aliphatic heterocycles. The predicted octanol–water partition coefficient (Wildman–Crippen LogP) is 5.38. The number of methoxy groups -OCH3 is 1. The van der Waals surface area contributed by atoms with Crippen molar-refractivity contribution in [2.75, 3.05) is 25.6 Å². The molecule has 2 aliphatic carbocycles. The minimum atomic E-state index is -0.416. The van der Waals surface area contributed by atoms with Gasteiger partial charge in [-0.1, -0.05) is 11.6 Å². The van der Waals surface area contributed by atoms with Crippen LogP contribution in [0.3, 0.4) is 0 Å². The lowest BCUT2D eigenvalue weighted by atomic mass is 9.83. The van der Waals surface area contributed by atoms with Gasteiger partial charge >= 0.3 is 0 Å². The van der Waals surface area contributed by atoms with Gasteiger partial charge in [0.25, 0.3) is 0 Å². The number of nitrogens with one attached hydrogen (secondary N) is 2. The summed E-state index contributed by atoms with van der Waals surface area (Å²) >= 11 is 6.36. The molecule has 0 unspecified atom stereocenters. The van der Waals surface area contributed by atoms with Crippen LogP contribution in [0.25, 0.3) is 11.1 Å². The van der Waals surface area contributed by atoms with Crippen molar-refractivity contribution in [2.24, 2.45) is 11.3 Å². The van der Waals surface area contributed by atoms with Crippen molar-refractivity contribution >= 4 is 17.3 Å². The van der Waals surface area contributed by atoms with Gasteiger partial charge in [0.1, 0.15) is 11.0 Å². The third kappa shape index (κ3) is 6.24. The molecule has 4 rings (SSSR count). The van der Waals surface area contributed by atoms with Gasteiger partial charge in [-0.15, -0.1) is 0 Å². The molecule has 0 radical (unpaired) electrons. The zero-order valence-corrected chi connectivity index (χ0v) is 20.7. The quantitative estimate of drug-likeness (QED) is 0.440. The maximum atomic E-state index is 14.8. The standard InChI is InChI=1S/C26H33ClFN5O/c1-17(14-34-2)33-19-5-3-18(4-6-19)9-20-10-22(24(28)13-30-20)23-11-21(12-31-25(23)27)32-16-26(15-29)7-8-26/h10-13,17-19,32-33H,3-9,14,16H2,1-2H3/t17-,18?,19?/m0/s1. The van der Waals surface area contributed by atoms with Crippen molar-refractivity contribution in [2.45, 2.75) is 64.0 Å². The molecule has 2 aromatic rings. The second-order valence-corrected chi connectivity index (χ2v) is 10.3. The van der Waals surface area contributed by atoms with E-state index in [-0.39, 0.29) is 10.6 Å². The van der Waals surface area contributed by atoms with Crippen LogP contribution in [0.5, 0.6) is 0 Å². The van der Waals surface area contributed by atoms with Crippen molar-refractivity contribution in [3.63, 3.8) is 0 Å². The molecular formula is C26H33ClFN5O. The highest BCUT2D eigenvalue weighted by molar-refractivity contribution is 6.32. The highest BCUT2D eigenvalue weighted by Crippen LogP contribution is 2.45. The van der Waals surface area contributed by atoms with Crippen LogP contribution in [0.15, 0.2) is 24.5 Å². The molecule has 0 amide bonds. The minimum Gasteiger partial charge on any atom is -0.383 e. The number of rotatable bonds is 10. The Morgan fingerprint density at radius 3 is 2.65 bits per heavy atom. The Bertz CT molecular complexity index is 1030. The van der Waals surface area contributed by atoms with Crippen LogP contribution in [0.1, 0.15) is 51.1 Å². The maximum absolute atomic E-state index is 14.8. The number of hydrogen-bond donors (Lipinski definition) is 2. The highest BCUT2D eigenvalue weighted by Gasteiger charge is 2.42. The molecule has 0 aromatic carbocycles. The molecule has 8 heteroatoms. The van der Waals surface area contributed by atoms with Crippen LogP contribution in [0.2, 0.25) is 5.15 Å². The highest BCUT2D eigenvalue weighted by atomic mass is 35.5. The molecule has 0 bridgehead atoms. The molecule has 182 valence electrons. The van der Waals surface area contributed by atoms with Crippen LogP contribution in [0.4, 0.5) is 10.1 Å². The summed E-state index contributed by atoms with van der Waals surface area (Å²) in [5.41, 5.74) is 2.26. The summed E-state index contributed by atoms with van der Waals surface area (Å²) in [6.45, 7) is 3.42. The summed E-state index contributed by atoms with van der Waals surface area (Å²) in [7, 11) is 1.73. The average Bonchev–Trinajstić information content (AvgIpc) is 3.62. The van der Waals surface area contributed by atoms with Gasteiger partial charge in [0.05, 0.1) is 36.2 Å². The third-order valence-electron chi connectivity index (χ3n) is 7.04. The van der Waals surface area contributed by atoms with E-state index in [9.17, 15) is 9.65 Å². The summed E-state index contributed by atoms with van der Waals surface area (Å²) in [5.74, 6) is 0.115. The van der Waals surface area contributed by atoms with Gasteiger partial charge in [0.2, 0.25) is 0 Å². The Kier molecular flexibility index (Phi) is 8.02. The number of nitrogens with zero attached hydrogens (tertiary/aromatic N) is 3. The van der Waals surface area contributed by atoms with Gasteiger partial charge in [-0.25, -0.2) is 9.37 Å². The monoisotopic (exact) mass is 485 g/mol. The molecule has 2 fully saturated rings. The Morgan fingerprint density at radius 1 is 1.21 bits per heavy atom. The van der Waals surface area contributed by atoms with Gasteiger partial charge in [-0.05, 0) is 69.9 Å². The molecule has 2 saturated carbocycles. The Hall–Kier alpha value is -2.27. The summed E-state index contributed by atoms with van der Waals surface area (Å²) in [6.07, 6.45) is 10.0. The number of aromatic nitrogens is 2. The molecule has 2 heterocycles. The maximum Gasteiger partial charge on any atom is 0.149 e. The van der Waals surface area contributed by atoms with Crippen molar-refractivity contribution < 1.29 is 9.13 Å². The van der Waals surface area contributed by atoms with Crippen LogP contribution in [0, 0.1) is 28.5 Å². The smallest absolute Gasteiger partial charge is 0.149 e. The van der Waals surface area contributed by atoms with E-state index in [0.717, 1.165) is 62.9 Å². The van der Waals surface area contributed by atoms with E-state index in [1.807, 2.05) is 12.1 Å². The minimum absolute atomic E-state index is 0.250. The lowest BCUT2D eigenvalue weighted by Crippen LogP contribution is -2.41. The van der Waals surface area contributed by atoms with Gasteiger partial charge < -0.3 is 15.4 Å². The largest absolute Gasteiger partial charge is 0.383 e. The molecule has 2 N–H and O–H groups in total. The average molecular weight is 486 g/mol. The van der Waals surface area contributed by atoms with E-state index in [0.29, 0.717) is 35.7 Å². The molecular weight excluding hydrogens is 453 g/mol. The first-order valence-electron chi connectivity index (χ1n) is 12.1. The summed E-state index contributed by atoms with van der Waals surface area (Å²) < 4.78 is 20.0. The van der Waals surface area contributed by atoms with Crippen molar-refractivity contribution in [1.29, 1.82) is 5.26 Å². The van der Waals surface area contributed by atoms with Crippen molar-refractivity contribution in [1.82, 2.24) is 15.3 Å². The lowest BCUT2D eigenvalue weighted by molar-refractivity contribution is 0.158. The SMILES string of the molecule is COC[C@H](C)NC1CCC(Cc2cc(-c3cc(NCC4(C#N)CC4)cnc3Cl)c(F)cn2)CC1. The van der Waals surface area contributed by atoms with E-state index in [1.54, 1.807) is 13.3 Å². The second-order valence-electron chi connectivity index (χ2n) is 9.91. The third-order valence-corrected chi connectivity index (χ3v) is 7.35. The van der Waals surface area contributed by atoms with E-state index < -0.39 is 5.82 Å². The lowest BCUT2D eigenvalue weighted by Gasteiger charge is -2.31. The number of ether oxygens (including phenoxy) is 1. The van der Waals surface area contributed by atoms with E-state index in [4.69, 9.17) is 16.3 Å². The predicted molar refractivity (Wildman–Crippen MR) is 132 cm³/mol. The number of pyridine rings is 2. The molecule has 0 spiro atoms. The molecule has 6 nitrogen and oxygen atoms in total. The van der Waals surface area contributed by atoms with Gasteiger partial charge in [-0.2, -0.15) is 5.26 Å². The Balaban J connectivity index is 1.41. The topological polar surface area (TPSA) is 82.9 Å². The zero-order valence-electron chi connectivity index (χ0n) is 19.9. The zero-order chi connectivity index (χ0) is 24.1. The number of nitriles is 1.